The van der Waals surface area contributed by atoms with Crippen molar-refractivity contribution in [1.29, 1.82) is 0 Å². The minimum absolute atomic E-state index is 0. The van der Waals surface area contributed by atoms with E-state index in [1.165, 1.54) is 12.1 Å². The predicted octanol–water partition coefficient (Wildman–Crippen LogP) is 2.89. The van der Waals surface area contributed by atoms with Crippen LogP contribution in [0.4, 0.5) is 11.4 Å². The molecule has 3 N–H and O–H groups in total. The Morgan fingerprint density at radius 3 is 2.39 bits per heavy atom. The van der Waals surface area contributed by atoms with Gasteiger partial charge in [0.2, 0.25) is 0 Å². The van der Waals surface area contributed by atoms with E-state index < -0.39 is 16.8 Å². The quantitative estimate of drug-likeness (QED) is 0.348. The van der Waals surface area contributed by atoms with Crippen LogP contribution in [0.3, 0.4) is 0 Å². The monoisotopic (exact) mass is 453 g/mol. The zero-order chi connectivity index (χ0) is 22.1. The highest BCUT2D eigenvalue weighted by atomic mass is 35.5. The Labute approximate surface area is 185 Å². The molecule has 0 saturated carbocycles. The predicted molar refractivity (Wildman–Crippen MR) is 117 cm³/mol. The molecule has 0 radical (unpaired) electrons. The Kier molecular flexibility index (Phi) is 10.1. The lowest BCUT2D eigenvalue weighted by Crippen LogP contribution is -2.26. The van der Waals surface area contributed by atoms with E-state index in [2.05, 4.69) is 10.6 Å². The third kappa shape index (κ3) is 7.34. The van der Waals surface area contributed by atoms with E-state index in [0.717, 1.165) is 11.6 Å². The average molecular weight is 454 g/mol. The molecule has 0 bridgehead atoms. The summed E-state index contributed by atoms with van der Waals surface area (Å²) in [7, 11) is 3.09. The normalized spacial score (nSPS) is 9.87. The van der Waals surface area contributed by atoms with Crippen molar-refractivity contribution in [3.8, 4) is 11.5 Å². The van der Waals surface area contributed by atoms with Gasteiger partial charge in [-0.25, -0.2) is 0 Å². The van der Waals surface area contributed by atoms with Gasteiger partial charge in [-0.2, -0.15) is 0 Å². The van der Waals surface area contributed by atoms with E-state index in [1.54, 1.807) is 20.3 Å². The topological polar surface area (TPSA) is 140 Å². The summed E-state index contributed by atoms with van der Waals surface area (Å²) in [5, 5.41) is 25.4. The maximum absolute atomic E-state index is 12.1. The van der Waals surface area contributed by atoms with Gasteiger partial charge in [-0.3, -0.25) is 19.7 Å². The number of benzene rings is 2. The summed E-state index contributed by atoms with van der Waals surface area (Å²) >= 11 is 0. The van der Waals surface area contributed by atoms with E-state index in [-0.39, 0.29) is 42.3 Å². The molecular formula is C20H24ClN3O7. The number of carbonyl (C=O) groups excluding carboxylic acids is 1. The van der Waals surface area contributed by atoms with E-state index in [4.69, 9.17) is 14.6 Å². The minimum Gasteiger partial charge on any atom is -0.493 e. The van der Waals surface area contributed by atoms with Gasteiger partial charge in [-0.1, -0.05) is 6.07 Å². The fourth-order valence-electron chi connectivity index (χ4n) is 2.74. The Hall–Kier alpha value is -3.53. The van der Waals surface area contributed by atoms with Crippen molar-refractivity contribution in [1.82, 2.24) is 5.32 Å². The zero-order valence-electron chi connectivity index (χ0n) is 17.0. The number of nitrogens with zero attached hydrogens (tertiary/aromatic N) is 1. The van der Waals surface area contributed by atoms with Gasteiger partial charge >= 0.3 is 5.97 Å². The van der Waals surface area contributed by atoms with Crippen LogP contribution in [0.25, 0.3) is 0 Å². The standard InChI is InChI=1S/C20H23N3O7.ClH/c1-29-17-6-3-13(11-18(17)30-2)7-9-21-15-5-4-14(12-16(15)23(27)28)20(26)22-10-8-19(24)25;/h3-6,11-12,21H,7-10H2,1-2H3,(H,22,26)(H,24,25);1H. The number of nitro benzene ring substituents is 1. The Bertz CT molecular complexity index is 937. The first-order valence-electron chi connectivity index (χ1n) is 9.09. The fraction of sp³-hybridized carbons (Fsp3) is 0.300. The second-order valence-electron chi connectivity index (χ2n) is 6.25. The molecule has 2 aromatic rings. The number of anilines is 1. The van der Waals surface area contributed by atoms with Crippen LogP contribution in [0.15, 0.2) is 36.4 Å². The lowest BCUT2D eigenvalue weighted by atomic mass is 10.1. The molecule has 168 valence electrons. The highest BCUT2D eigenvalue weighted by molar-refractivity contribution is 5.95. The Morgan fingerprint density at radius 2 is 1.77 bits per heavy atom. The summed E-state index contributed by atoms with van der Waals surface area (Å²) in [6.07, 6.45) is 0.346. The zero-order valence-corrected chi connectivity index (χ0v) is 17.9. The Balaban J connectivity index is 0.00000480. The molecule has 0 aliphatic heterocycles. The van der Waals surface area contributed by atoms with Gasteiger partial charge in [0.25, 0.3) is 11.6 Å². The third-order valence-corrected chi connectivity index (χ3v) is 4.26. The van der Waals surface area contributed by atoms with Crippen LogP contribution in [0.2, 0.25) is 0 Å². The number of methoxy groups -OCH3 is 2. The van der Waals surface area contributed by atoms with Gasteiger partial charge in [0.15, 0.2) is 11.5 Å². The van der Waals surface area contributed by atoms with Crippen LogP contribution in [0, 0.1) is 10.1 Å². The van der Waals surface area contributed by atoms with Crippen LogP contribution < -0.4 is 20.1 Å². The number of carboxylic acid groups (broad SMARTS) is 1. The molecule has 0 fully saturated rings. The molecule has 1 amide bonds. The molecule has 0 aliphatic carbocycles. The highest BCUT2D eigenvalue weighted by Crippen LogP contribution is 2.28. The number of nitro groups is 1. The van der Waals surface area contributed by atoms with Crippen LogP contribution >= 0.6 is 12.4 Å². The van der Waals surface area contributed by atoms with Crippen LogP contribution in [0.5, 0.6) is 11.5 Å². The van der Waals surface area contributed by atoms with Crippen molar-refractivity contribution < 1.29 is 29.1 Å². The number of amides is 1. The number of hydrogen-bond donors (Lipinski definition) is 3. The lowest BCUT2D eigenvalue weighted by Gasteiger charge is -2.11. The van der Waals surface area contributed by atoms with Crippen molar-refractivity contribution in [2.45, 2.75) is 12.8 Å². The number of halogens is 1. The first kappa shape index (κ1) is 25.5. The molecule has 0 heterocycles. The summed E-state index contributed by atoms with van der Waals surface area (Å²) in [4.78, 5) is 33.4. The van der Waals surface area contributed by atoms with Crippen LogP contribution in [-0.2, 0) is 11.2 Å². The molecule has 0 atom stereocenters. The molecule has 0 saturated heterocycles. The summed E-state index contributed by atoms with van der Waals surface area (Å²) in [5.74, 6) is -0.409. The smallest absolute Gasteiger partial charge is 0.305 e. The number of aliphatic carboxylic acids is 1. The van der Waals surface area contributed by atoms with Crippen molar-refractivity contribution in [2.24, 2.45) is 0 Å². The molecule has 0 unspecified atom stereocenters. The molecule has 0 spiro atoms. The number of rotatable bonds is 11. The number of ether oxygens (including phenoxy) is 2. The molecule has 11 heteroatoms. The van der Waals surface area contributed by atoms with E-state index in [1.807, 2.05) is 12.1 Å². The van der Waals surface area contributed by atoms with Crippen molar-refractivity contribution in [2.75, 3.05) is 32.6 Å². The maximum Gasteiger partial charge on any atom is 0.305 e. The van der Waals surface area contributed by atoms with Gasteiger partial charge in [-0.15, -0.1) is 12.4 Å². The molecule has 10 nitrogen and oxygen atoms in total. The largest absolute Gasteiger partial charge is 0.493 e. The summed E-state index contributed by atoms with van der Waals surface area (Å²) in [6.45, 7) is 0.355. The summed E-state index contributed by atoms with van der Waals surface area (Å²) in [6, 6.07) is 9.56. The van der Waals surface area contributed by atoms with E-state index >= 15 is 0 Å². The molecule has 0 aliphatic rings. The summed E-state index contributed by atoms with van der Waals surface area (Å²) in [5.41, 5.74) is 1.07. The molecule has 0 aromatic heterocycles. The van der Waals surface area contributed by atoms with Gasteiger partial charge in [-0.05, 0) is 36.2 Å². The SMILES string of the molecule is COc1ccc(CCNc2ccc(C(=O)NCCC(=O)O)cc2[N+](=O)[O-])cc1OC.Cl. The molecular weight excluding hydrogens is 430 g/mol. The number of hydrogen-bond acceptors (Lipinski definition) is 7. The first-order valence-corrected chi connectivity index (χ1v) is 9.09. The summed E-state index contributed by atoms with van der Waals surface area (Å²) < 4.78 is 10.5. The second kappa shape index (κ2) is 12.2. The van der Waals surface area contributed by atoms with Gasteiger partial charge in [0.05, 0.1) is 25.6 Å². The average Bonchev–Trinajstić information content (AvgIpc) is 2.73. The number of carboxylic acids is 1. The third-order valence-electron chi connectivity index (χ3n) is 4.26. The van der Waals surface area contributed by atoms with Crippen molar-refractivity contribution in [3.05, 3.63) is 57.6 Å². The van der Waals surface area contributed by atoms with Gasteiger partial charge in [0, 0.05) is 24.7 Å². The Morgan fingerprint density at radius 1 is 1.06 bits per heavy atom. The first-order chi connectivity index (χ1) is 14.3. The highest BCUT2D eigenvalue weighted by Gasteiger charge is 2.17. The van der Waals surface area contributed by atoms with Crippen molar-refractivity contribution in [3.63, 3.8) is 0 Å². The van der Waals surface area contributed by atoms with E-state index in [0.29, 0.717) is 24.5 Å². The lowest BCUT2D eigenvalue weighted by molar-refractivity contribution is -0.384. The fourth-order valence-corrected chi connectivity index (χ4v) is 2.74. The molecule has 2 aromatic carbocycles. The van der Waals surface area contributed by atoms with Gasteiger partial charge < -0.3 is 25.2 Å². The second-order valence-corrected chi connectivity index (χ2v) is 6.25. The van der Waals surface area contributed by atoms with Crippen molar-refractivity contribution >= 4 is 35.7 Å². The van der Waals surface area contributed by atoms with E-state index in [9.17, 15) is 19.7 Å². The van der Waals surface area contributed by atoms with Crippen LogP contribution in [0.1, 0.15) is 22.3 Å². The number of nitrogens with one attached hydrogen (secondary N) is 2. The van der Waals surface area contributed by atoms with Gasteiger partial charge in [0.1, 0.15) is 5.69 Å². The molecule has 31 heavy (non-hydrogen) atoms. The number of carbonyl (C=O) groups is 2. The molecule has 2 rings (SSSR count). The minimum atomic E-state index is -1.05. The maximum atomic E-state index is 12.1. The van der Waals surface area contributed by atoms with Crippen LogP contribution in [-0.4, -0.2) is 49.2 Å².